The van der Waals surface area contributed by atoms with Crippen LogP contribution >= 0.6 is 11.3 Å². The van der Waals surface area contributed by atoms with E-state index in [1.54, 1.807) is 11.3 Å². The second-order valence-electron chi connectivity index (χ2n) is 3.98. The maximum absolute atomic E-state index is 5.74. The number of nitrogens with two attached hydrogens (primary N) is 1. The average molecular weight is 257 g/mol. The van der Waals surface area contributed by atoms with Crippen LogP contribution in [0.3, 0.4) is 0 Å². The van der Waals surface area contributed by atoms with Crippen molar-refractivity contribution in [2.45, 2.75) is 6.92 Å². The molecule has 0 fully saturated rings. The molecule has 0 aliphatic heterocycles. The molecule has 0 radical (unpaired) electrons. The Hall–Kier alpha value is -2.14. The number of benzene rings is 1. The summed E-state index contributed by atoms with van der Waals surface area (Å²) >= 11 is 1.59. The Balaban J connectivity index is 2.02. The van der Waals surface area contributed by atoms with Gasteiger partial charge in [-0.3, -0.25) is 0 Å². The standard InChI is InChI=1S/C13H11N3OS/c1-8-5-6-18-11(8)13-15-12(16-17-13)9-3-2-4-10(14)7-9/h2-7H,14H2,1H3. The zero-order chi connectivity index (χ0) is 12.5. The summed E-state index contributed by atoms with van der Waals surface area (Å²) in [5, 5.41) is 6.00. The van der Waals surface area contributed by atoms with Gasteiger partial charge < -0.3 is 10.3 Å². The first-order valence-corrected chi connectivity index (χ1v) is 6.36. The zero-order valence-electron chi connectivity index (χ0n) is 9.75. The lowest BCUT2D eigenvalue weighted by Gasteiger charge is -1.95. The largest absolute Gasteiger partial charge is 0.399 e. The molecule has 90 valence electrons. The normalized spacial score (nSPS) is 10.7. The molecule has 0 saturated heterocycles. The molecule has 0 unspecified atom stereocenters. The lowest BCUT2D eigenvalue weighted by atomic mass is 10.2. The van der Waals surface area contributed by atoms with E-state index in [0.29, 0.717) is 17.4 Å². The van der Waals surface area contributed by atoms with Gasteiger partial charge in [-0.05, 0) is 36.1 Å². The summed E-state index contributed by atoms with van der Waals surface area (Å²) in [6.45, 7) is 2.02. The van der Waals surface area contributed by atoms with Gasteiger partial charge in [0.25, 0.3) is 5.89 Å². The highest BCUT2D eigenvalue weighted by Crippen LogP contribution is 2.29. The Labute approximate surface area is 108 Å². The topological polar surface area (TPSA) is 64.9 Å². The predicted molar refractivity (Wildman–Crippen MR) is 72.2 cm³/mol. The molecule has 0 bridgehead atoms. The Morgan fingerprint density at radius 1 is 1.28 bits per heavy atom. The zero-order valence-corrected chi connectivity index (χ0v) is 10.6. The number of nitrogens with zero attached hydrogens (tertiary/aromatic N) is 2. The molecule has 0 saturated carbocycles. The molecule has 0 aliphatic rings. The first kappa shape index (κ1) is 11.0. The molecule has 2 aromatic heterocycles. The second-order valence-corrected chi connectivity index (χ2v) is 4.90. The Kier molecular flexibility index (Phi) is 2.60. The number of hydrogen-bond acceptors (Lipinski definition) is 5. The highest BCUT2D eigenvalue weighted by molar-refractivity contribution is 7.13. The maximum atomic E-state index is 5.74. The summed E-state index contributed by atoms with van der Waals surface area (Å²) in [6.07, 6.45) is 0. The molecule has 3 rings (SSSR count). The van der Waals surface area contributed by atoms with E-state index in [9.17, 15) is 0 Å². The summed E-state index contributed by atoms with van der Waals surface area (Å²) < 4.78 is 5.29. The summed E-state index contributed by atoms with van der Waals surface area (Å²) in [6, 6.07) is 9.47. The molecule has 2 N–H and O–H groups in total. The summed E-state index contributed by atoms with van der Waals surface area (Å²) in [4.78, 5) is 5.41. The van der Waals surface area contributed by atoms with Gasteiger partial charge in [-0.1, -0.05) is 17.3 Å². The highest BCUT2D eigenvalue weighted by Gasteiger charge is 2.13. The molecule has 0 atom stereocenters. The van der Waals surface area contributed by atoms with Gasteiger partial charge in [-0.2, -0.15) is 4.98 Å². The van der Waals surface area contributed by atoms with Crippen molar-refractivity contribution in [3.8, 4) is 22.2 Å². The molecule has 0 aliphatic carbocycles. The Bertz CT molecular complexity index is 687. The fraction of sp³-hybridized carbons (Fsp3) is 0.0769. The van der Waals surface area contributed by atoms with Crippen molar-refractivity contribution in [1.82, 2.24) is 10.1 Å². The third kappa shape index (κ3) is 1.89. The maximum Gasteiger partial charge on any atom is 0.268 e. The minimum Gasteiger partial charge on any atom is -0.399 e. The first-order valence-electron chi connectivity index (χ1n) is 5.48. The van der Waals surface area contributed by atoms with Crippen LogP contribution in [0.25, 0.3) is 22.2 Å². The third-order valence-corrected chi connectivity index (χ3v) is 3.63. The van der Waals surface area contributed by atoms with Gasteiger partial charge in [-0.15, -0.1) is 11.3 Å². The molecule has 2 heterocycles. The van der Waals surface area contributed by atoms with Crippen LogP contribution in [0.5, 0.6) is 0 Å². The van der Waals surface area contributed by atoms with Gasteiger partial charge in [0.15, 0.2) is 0 Å². The number of aryl methyl sites for hydroxylation is 1. The van der Waals surface area contributed by atoms with Crippen LogP contribution in [0.1, 0.15) is 5.56 Å². The van der Waals surface area contributed by atoms with Crippen LogP contribution < -0.4 is 5.73 Å². The SMILES string of the molecule is Cc1ccsc1-c1nc(-c2cccc(N)c2)no1. The highest BCUT2D eigenvalue weighted by atomic mass is 32.1. The molecular formula is C13H11N3OS. The third-order valence-electron chi connectivity index (χ3n) is 2.63. The summed E-state index contributed by atoms with van der Waals surface area (Å²) in [5.41, 5.74) is 8.43. The van der Waals surface area contributed by atoms with Gasteiger partial charge in [0, 0.05) is 11.3 Å². The minimum absolute atomic E-state index is 0.555. The quantitative estimate of drug-likeness (QED) is 0.715. The van der Waals surface area contributed by atoms with Gasteiger partial charge in [0.2, 0.25) is 5.82 Å². The number of hydrogen-bond donors (Lipinski definition) is 1. The van der Waals surface area contributed by atoms with Crippen LogP contribution in [0.15, 0.2) is 40.2 Å². The van der Waals surface area contributed by atoms with Crippen molar-refractivity contribution in [3.63, 3.8) is 0 Å². The number of nitrogen functional groups attached to an aromatic ring is 1. The smallest absolute Gasteiger partial charge is 0.268 e. The number of thiophene rings is 1. The molecule has 1 aromatic carbocycles. The number of rotatable bonds is 2. The Morgan fingerprint density at radius 3 is 2.89 bits per heavy atom. The molecule has 18 heavy (non-hydrogen) atoms. The van der Waals surface area contributed by atoms with E-state index >= 15 is 0 Å². The minimum atomic E-state index is 0.555. The van der Waals surface area contributed by atoms with Crippen molar-refractivity contribution in [2.75, 3.05) is 5.73 Å². The van der Waals surface area contributed by atoms with Crippen LogP contribution in [-0.4, -0.2) is 10.1 Å². The monoisotopic (exact) mass is 257 g/mol. The van der Waals surface area contributed by atoms with Crippen molar-refractivity contribution >= 4 is 17.0 Å². The van der Waals surface area contributed by atoms with Crippen LogP contribution in [-0.2, 0) is 0 Å². The van der Waals surface area contributed by atoms with E-state index in [-0.39, 0.29) is 0 Å². The van der Waals surface area contributed by atoms with Crippen molar-refractivity contribution < 1.29 is 4.52 Å². The molecule has 3 aromatic rings. The average Bonchev–Trinajstić information content (AvgIpc) is 2.97. The van der Waals surface area contributed by atoms with E-state index in [1.807, 2.05) is 42.6 Å². The molecule has 5 heteroatoms. The van der Waals surface area contributed by atoms with Crippen LogP contribution in [0.2, 0.25) is 0 Å². The first-order chi connectivity index (χ1) is 8.74. The van der Waals surface area contributed by atoms with Gasteiger partial charge in [0.1, 0.15) is 0 Å². The van der Waals surface area contributed by atoms with E-state index in [4.69, 9.17) is 10.3 Å². The van der Waals surface area contributed by atoms with Crippen LogP contribution in [0.4, 0.5) is 5.69 Å². The molecular weight excluding hydrogens is 246 g/mol. The fourth-order valence-corrected chi connectivity index (χ4v) is 2.55. The van der Waals surface area contributed by atoms with E-state index < -0.39 is 0 Å². The van der Waals surface area contributed by atoms with E-state index in [1.165, 1.54) is 0 Å². The van der Waals surface area contributed by atoms with Crippen molar-refractivity contribution in [1.29, 1.82) is 0 Å². The van der Waals surface area contributed by atoms with Gasteiger partial charge >= 0.3 is 0 Å². The Morgan fingerprint density at radius 2 is 2.17 bits per heavy atom. The molecule has 0 amide bonds. The summed E-state index contributed by atoms with van der Waals surface area (Å²) in [5.74, 6) is 1.12. The van der Waals surface area contributed by atoms with Gasteiger partial charge in [-0.25, -0.2) is 0 Å². The van der Waals surface area contributed by atoms with Gasteiger partial charge in [0.05, 0.1) is 4.88 Å². The molecule has 0 spiro atoms. The number of anilines is 1. The van der Waals surface area contributed by atoms with Crippen molar-refractivity contribution in [2.24, 2.45) is 0 Å². The van der Waals surface area contributed by atoms with Crippen molar-refractivity contribution in [3.05, 3.63) is 41.3 Å². The number of aromatic nitrogens is 2. The lowest BCUT2D eigenvalue weighted by Crippen LogP contribution is -1.86. The predicted octanol–water partition coefficient (Wildman–Crippen LogP) is 3.36. The lowest BCUT2D eigenvalue weighted by molar-refractivity contribution is 0.433. The van der Waals surface area contributed by atoms with Crippen LogP contribution in [0, 0.1) is 6.92 Å². The second kappa shape index (κ2) is 4.27. The fourth-order valence-electron chi connectivity index (χ4n) is 1.70. The molecule has 4 nitrogen and oxygen atoms in total. The van der Waals surface area contributed by atoms with E-state index in [2.05, 4.69) is 10.1 Å². The summed E-state index contributed by atoms with van der Waals surface area (Å²) in [7, 11) is 0. The van der Waals surface area contributed by atoms with E-state index in [0.717, 1.165) is 16.0 Å².